The Balaban J connectivity index is 3.35. The number of aliphatic hydroxyl groups is 2. The molecule has 0 aliphatic rings. The lowest BCUT2D eigenvalue weighted by molar-refractivity contribution is -0.0427. The van der Waals surface area contributed by atoms with Gasteiger partial charge in [0.05, 0.1) is 26.2 Å². The van der Waals surface area contributed by atoms with Crippen LogP contribution in [0.2, 0.25) is 0 Å². The second-order valence-electron chi connectivity index (χ2n) is 4.27. The molecule has 0 unspecified atom stereocenters. The SMILES string of the molecule is CN(CCOCC/C(N)=N\O)CC[OH+]CC/C(N)=N/O. The van der Waals surface area contributed by atoms with E-state index in [1.807, 2.05) is 7.05 Å². The Morgan fingerprint density at radius 1 is 1.05 bits per heavy atom. The van der Waals surface area contributed by atoms with Gasteiger partial charge in [0.15, 0.2) is 13.2 Å². The average molecular weight is 292 g/mol. The molecule has 118 valence electrons. The molecule has 0 fully saturated rings. The largest absolute Gasteiger partial charge is 0.432 e. The predicted molar refractivity (Wildman–Crippen MR) is 76.3 cm³/mol. The number of ether oxygens (including phenoxy) is 2. The molecule has 0 aliphatic carbocycles. The van der Waals surface area contributed by atoms with Crippen LogP contribution in [0.4, 0.5) is 0 Å². The van der Waals surface area contributed by atoms with Gasteiger partial charge in [-0.1, -0.05) is 10.3 Å². The number of hydrogen-bond donors (Lipinski definition) is 4. The molecular formula is C11H26N5O4+. The van der Waals surface area contributed by atoms with Gasteiger partial charge in [-0.05, 0) is 7.05 Å². The molecule has 20 heavy (non-hydrogen) atoms. The van der Waals surface area contributed by atoms with Crippen LogP contribution >= 0.6 is 0 Å². The van der Waals surface area contributed by atoms with E-state index in [-0.39, 0.29) is 11.7 Å². The zero-order valence-corrected chi connectivity index (χ0v) is 11.9. The Bertz CT molecular complexity index is 271. The summed E-state index contributed by atoms with van der Waals surface area (Å²) in [5, 5.41) is 22.4. The first kappa shape index (κ1) is 18.4. The van der Waals surface area contributed by atoms with E-state index in [1.54, 1.807) is 0 Å². The molecule has 9 heteroatoms. The Morgan fingerprint density at radius 2 is 1.70 bits per heavy atom. The maximum absolute atomic E-state index is 8.34. The van der Waals surface area contributed by atoms with Crippen molar-refractivity contribution in [3.63, 3.8) is 0 Å². The van der Waals surface area contributed by atoms with Crippen molar-refractivity contribution in [3.8, 4) is 0 Å². The molecule has 0 saturated carbocycles. The summed E-state index contributed by atoms with van der Waals surface area (Å²) in [4.78, 5) is 2.09. The number of nitrogens with two attached hydrogens (primary N) is 2. The monoisotopic (exact) mass is 292 g/mol. The molecule has 0 aromatic carbocycles. The van der Waals surface area contributed by atoms with Crippen LogP contribution in [0.25, 0.3) is 0 Å². The second kappa shape index (κ2) is 12.5. The molecule has 0 aromatic heterocycles. The molecule has 0 aromatic rings. The summed E-state index contributed by atoms with van der Waals surface area (Å²) >= 11 is 0. The van der Waals surface area contributed by atoms with Crippen molar-refractivity contribution in [1.82, 2.24) is 4.90 Å². The Labute approximate surface area is 118 Å². The molecule has 0 heterocycles. The topological polar surface area (TPSA) is 142 Å². The summed E-state index contributed by atoms with van der Waals surface area (Å²) in [6, 6.07) is 0. The normalized spacial score (nSPS) is 13.1. The summed E-state index contributed by atoms with van der Waals surface area (Å²) in [6.07, 6.45) is 0.889. The second-order valence-corrected chi connectivity index (χ2v) is 4.27. The highest BCUT2D eigenvalue weighted by Gasteiger charge is 2.02. The van der Waals surface area contributed by atoms with Crippen molar-refractivity contribution in [1.29, 1.82) is 0 Å². The highest BCUT2D eigenvalue weighted by atomic mass is 16.5. The summed E-state index contributed by atoms with van der Waals surface area (Å²) < 4.78 is 9.61. The molecule has 0 bridgehead atoms. The van der Waals surface area contributed by atoms with Gasteiger partial charge >= 0.3 is 0 Å². The van der Waals surface area contributed by atoms with E-state index in [1.165, 1.54) is 0 Å². The Kier molecular flexibility index (Phi) is 11.5. The molecular weight excluding hydrogens is 266 g/mol. The van der Waals surface area contributed by atoms with Crippen LogP contribution in [0.5, 0.6) is 0 Å². The quantitative estimate of drug-likeness (QED) is 0.0882. The predicted octanol–water partition coefficient (Wildman–Crippen LogP) is -1.26. The molecule has 0 amide bonds. The van der Waals surface area contributed by atoms with Crippen molar-refractivity contribution < 1.29 is 19.9 Å². The Morgan fingerprint density at radius 3 is 2.35 bits per heavy atom. The van der Waals surface area contributed by atoms with Crippen LogP contribution in [0.1, 0.15) is 12.8 Å². The van der Waals surface area contributed by atoms with E-state index < -0.39 is 0 Å². The summed E-state index contributed by atoms with van der Waals surface area (Å²) in [5.41, 5.74) is 10.6. The number of nitrogens with zero attached hydrogens (tertiary/aromatic N) is 3. The summed E-state index contributed by atoms with van der Waals surface area (Å²) in [7, 11) is 1.98. The van der Waals surface area contributed by atoms with Crippen molar-refractivity contribution in [2.24, 2.45) is 21.8 Å². The first-order valence-corrected chi connectivity index (χ1v) is 6.42. The third kappa shape index (κ3) is 11.5. The lowest BCUT2D eigenvalue weighted by Crippen LogP contribution is -2.29. The minimum atomic E-state index is 0.169. The molecule has 0 rings (SSSR count). The summed E-state index contributed by atoms with van der Waals surface area (Å²) in [6.45, 7) is 3.87. The third-order valence-corrected chi connectivity index (χ3v) is 2.54. The standard InChI is InChI=1S/C11H25N5O4/c1-16(4-8-19-6-2-10(12)14-17)5-9-20-7-3-11(13)15-18/h17-18H,2-9H2,1H3,(H2,12,14)(H2,13,15)/p+1. The fourth-order valence-electron chi connectivity index (χ4n) is 1.26. The maximum atomic E-state index is 8.34. The van der Waals surface area contributed by atoms with Gasteiger partial charge < -0.3 is 31.4 Å². The molecule has 7 N–H and O–H groups in total. The minimum Gasteiger partial charge on any atom is -0.432 e. The van der Waals surface area contributed by atoms with Crippen LogP contribution < -0.4 is 11.5 Å². The lowest BCUT2D eigenvalue weighted by Gasteiger charge is -2.15. The fraction of sp³-hybridized carbons (Fsp3) is 0.818. The zero-order chi connectivity index (χ0) is 15.2. The molecule has 0 aliphatic heterocycles. The van der Waals surface area contributed by atoms with Gasteiger partial charge in [0.2, 0.25) is 0 Å². The fourth-order valence-corrected chi connectivity index (χ4v) is 1.26. The van der Waals surface area contributed by atoms with E-state index in [2.05, 4.69) is 19.9 Å². The zero-order valence-electron chi connectivity index (χ0n) is 11.9. The number of rotatable bonds is 12. The van der Waals surface area contributed by atoms with Crippen LogP contribution in [-0.4, -0.2) is 78.3 Å². The Hall–Kier alpha value is -1.58. The highest BCUT2D eigenvalue weighted by Crippen LogP contribution is 1.87. The number of oxime groups is 2. The van der Waals surface area contributed by atoms with Gasteiger partial charge in [-0.2, -0.15) is 0 Å². The first-order chi connectivity index (χ1) is 9.60. The van der Waals surface area contributed by atoms with Crippen molar-refractivity contribution in [2.75, 3.05) is 46.6 Å². The van der Waals surface area contributed by atoms with Crippen LogP contribution in [0, 0.1) is 0 Å². The van der Waals surface area contributed by atoms with Crippen LogP contribution in [0.3, 0.4) is 0 Å². The lowest BCUT2D eigenvalue weighted by atomic mass is 10.4. The van der Waals surface area contributed by atoms with Crippen molar-refractivity contribution in [3.05, 3.63) is 0 Å². The van der Waals surface area contributed by atoms with Crippen molar-refractivity contribution >= 4 is 11.7 Å². The molecule has 0 radical (unpaired) electrons. The first-order valence-electron chi connectivity index (χ1n) is 6.42. The van der Waals surface area contributed by atoms with Crippen LogP contribution in [0.15, 0.2) is 10.3 Å². The van der Waals surface area contributed by atoms with Gasteiger partial charge in [-0.3, -0.25) is 4.90 Å². The highest BCUT2D eigenvalue weighted by molar-refractivity contribution is 5.79. The number of amidine groups is 2. The van der Waals surface area contributed by atoms with Crippen molar-refractivity contribution in [2.45, 2.75) is 12.8 Å². The van der Waals surface area contributed by atoms with Gasteiger partial charge in [-0.25, -0.2) is 0 Å². The van der Waals surface area contributed by atoms with E-state index in [4.69, 9.17) is 26.6 Å². The molecule has 0 spiro atoms. The van der Waals surface area contributed by atoms with Crippen LogP contribution in [-0.2, 0) is 4.74 Å². The van der Waals surface area contributed by atoms with Gasteiger partial charge in [0.1, 0.15) is 11.7 Å². The van der Waals surface area contributed by atoms with Gasteiger partial charge in [0, 0.05) is 13.0 Å². The molecule has 9 nitrogen and oxygen atoms in total. The van der Waals surface area contributed by atoms with Gasteiger partial charge in [-0.15, -0.1) is 0 Å². The molecule has 0 atom stereocenters. The maximum Gasteiger partial charge on any atom is 0.157 e. The van der Waals surface area contributed by atoms with E-state index in [9.17, 15) is 0 Å². The van der Waals surface area contributed by atoms with Gasteiger partial charge in [0.25, 0.3) is 0 Å². The number of likely N-dealkylation sites (N-methyl/N-ethyl adjacent to an activating group) is 1. The smallest absolute Gasteiger partial charge is 0.157 e. The van der Waals surface area contributed by atoms with E-state index in [0.29, 0.717) is 39.3 Å². The third-order valence-electron chi connectivity index (χ3n) is 2.54. The van der Waals surface area contributed by atoms with E-state index >= 15 is 0 Å². The molecule has 0 saturated heterocycles. The minimum absolute atomic E-state index is 0.169. The van der Waals surface area contributed by atoms with E-state index in [0.717, 1.165) is 13.1 Å². The summed E-state index contributed by atoms with van der Waals surface area (Å²) in [5.74, 6) is 0.365. The number of hydrogen-bond acceptors (Lipinski definition) is 6. The average Bonchev–Trinajstić information content (AvgIpc) is 2.45.